The molecular formula is C14H7ClO4S. The average Bonchev–Trinajstić information content (AvgIpc) is 2.97. The van der Waals surface area contributed by atoms with Gasteiger partial charge >= 0.3 is 5.97 Å². The lowest BCUT2D eigenvalue weighted by Crippen LogP contribution is -2.07. The van der Waals surface area contributed by atoms with E-state index in [9.17, 15) is 9.59 Å². The highest BCUT2D eigenvalue weighted by Gasteiger charge is 2.11. The van der Waals surface area contributed by atoms with Gasteiger partial charge in [-0.05, 0) is 23.6 Å². The van der Waals surface area contributed by atoms with E-state index < -0.39 is 5.97 Å². The minimum atomic E-state index is -0.448. The molecule has 0 aliphatic carbocycles. The molecule has 0 atom stereocenters. The Hall–Kier alpha value is -2.11. The number of hydrogen-bond donors (Lipinski definition) is 0. The van der Waals surface area contributed by atoms with E-state index in [0.717, 1.165) is 6.26 Å². The number of fused-ring (bicyclic) bond motifs is 1. The maximum atomic E-state index is 11.8. The van der Waals surface area contributed by atoms with Crippen LogP contribution in [-0.4, -0.2) is 5.97 Å². The van der Waals surface area contributed by atoms with E-state index in [0.29, 0.717) is 21.6 Å². The summed E-state index contributed by atoms with van der Waals surface area (Å²) in [4.78, 5) is 24.1. The summed E-state index contributed by atoms with van der Waals surface area (Å²) < 4.78 is 10.4. The summed E-state index contributed by atoms with van der Waals surface area (Å²) in [5.41, 5.74) is -0.0000652. The smallest absolute Gasteiger partial charge is 0.353 e. The Balaban J connectivity index is 1.96. The van der Waals surface area contributed by atoms with E-state index in [1.807, 2.05) is 0 Å². The molecule has 0 saturated heterocycles. The van der Waals surface area contributed by atoms with Crippen LogP contribution in [-0.2, 0) is 0 Å². The van der Waals surface area contributed by atoms with Crippen molar-refractivity contribution >= 4 is 39.9 Å². The van der Waals surface area contributed by atoms with Crippen molar-refractivity contribution in [3.8, 4) is 5.75 Å². The van der Waals surface area contributed by atoms with Gasteiger partial charge in [-0.3, -0.25) is 4.79 Å². The molecule has 1 aromatic carbocycles. The standard InChI is InChI=1S/C14H7ClO4S/c15-10-7-18-11-6-8(3-4-9(11)13(10)16)19-14(17)12-2-1-5-20-12/h1-7H. The molecule has 0 radical (unpaired) electrons. The lowest BCUT2D eigenvalue weighted by molar-refractivity contribution is 0.0740. The number of thiophene rings is 1. The lowest BCUT2D eigenvalue weighted by atomic mass is 10.2. The first-order valence-electron chi connectivity index (χ1n) is 5.62. The number of halogens is 1. The Bertz CT molecular complexity index is 836. The van der Waals surface area contributed by atoms with Gasteiger partial charge < -0.3 is 9.15 Å². The minimum absolute atomic E-state index is 0.0147. The molecule has 2 aromatic heterocycles. The molecule has 0 saturated carbocycles. The molecule has 0 aliphatic heterocycles. The van der Waals surface area contributed by atoms with E-state index in [4.69, 9.17) is 20.8 Å². The highest BCUT2D eigenvalue weighted by molar-refractivity contribution is 7.12. The van der Waals surface area contributed by atoms with Gasteiger partial charge in [-0.1, -0.05) is 17.7 Å². The molecule has 0 N–H and O–H groups in total. The van der Waals surface area contributed by atoms with Gasteiger partial charge in [-0.2, -0.15) is 0 Å². The van der Waals surface area contributed by atoms with Crippen molar-refractivity contribution in [1.82, 2.24) is 0 Å². The van der Waals surface area contributed by atoms with Crippen LogP contribution in [0.15, 0.2) is 51.2 Å². The quantitative estimate of drug-likeness (QED) is 0.535. The van der Waals surface area contributed by atoms with E-state index in [2.05, 4.69) is 0 Å². The van der Waals surface area contributed by atoms with Crippen molar-refractivity contribution in [1.29, 1.82) is 0 Å². The fraction of sp³-hybridized carbons (Fsp3) is 0. The van der Waals surface area contributed by atoms with Gasteiger partial charge in [0.05, 0.1) is 5.39 Å². The fourth-order valence-corrected chi connectivity index (χ4v) is 2.45. The highest BCUT2D eigenvalue weighted by Crippen LogP contribution is 2.22. The molecule has 0 aliphatic rings. The van der Waals surface area contributed by atoms with Crippen molar-refractivity contribution in [2.75, 3.05) is 0 Å². The Morgan fingerprint density at radius 3 is 2.90 bits per heavy atom. The maximum Gasteiger partial charge on any atom is 0.353 e. The molecule has 6 heteroatoms. The van der Waals surface area contributed by atoms with Gasteiger partial charge in [0.25, 0.3) is 0 Å². The predicted molar refractivity (Wildman–Crippen MR) is 76.8 cm³/mol. The monoisotopic (exact) mass is 306 g/mol. The molecule has 20 heavy (non-hydrogen) atoms. The molecule has 3 aromatic rings. The number of hydrogen-bond acceptors (Lipinski definition) is 5. The Kier molecular flexibility index (Phi) is 3.30. The first kappa shape index (κ1) is 12.9. The molecule has 0 unspecified atom stereocenters. The van der Waals surface area contributed by atoms with Gasteiger partial charge in [-0.25, -0.2) is 4.79 Å². The van der Waals surface area contributed by atoms with Crippen molar-refractivity contribution in [3.63, 3.8) is 0 Å². The third kappa shape index (κ3) is 2.33. The van der Waals surface area contributed by atoms with Crippen LogP contribution in [0.5, 0.6) is 5.75 Å². The van der Waals surface area contributed by atoms with Crippen LogP contribution in [0.4, 0.5) is 0 Å². The predicted octanol–water partition coefficient (Wildman–Crippen LogP) is 3.73. The van der Waals surface area contributed by atoms with Crippen molar-refractivity contribution in [2.45, 2.75) is 0 Å². The van der Waals surface area contributed by atoms with E-state index in [1.165, 1.54) is 29.5 Å². The van der Waals surface area contributed by atoms with Crippen molar-refractivity contribution < 1.29 is 13.9 Å². The summed E-state index contributed by atoms with van der Waals surface area (Å²) in [6.07, 6.45) is 1.16. The van der Waals surface area contributed by atoms with Crippen LogP contribution in [0.3, 0.4) is 0 Å². The van der Waals surface area contributed by atoms with Crippen LogP contribution in [0.2, 0.25) is 5.02 Å². The Morgan fingerprint density at radius 2 is 2.15 bits per heavy atom. The van der Waals surface area contributed by atoms with Gasteiger partial charge in [0.1, 0.15) is 27.5 Å². The SMILES string of the molecule is O=C(Oc1ccc2c(=O)c(Cl)coc2c1)c1cccs1. The number of ether oxygens (including phenoxy) is 1. The molecule has 3 rings (SSSR count). The molecular weight excluding hydrogens is 300 g/mol. The number of carbonyl (C=O) groups is 1. The van der Waals surface area contributed by atoms with E-state index in [1.54, 1.807) is 17.5 Å². The van der Waals surface area contributed by atoms with Gasteiger partial charge in [0, 0.05) is 6.07 Å². The van der Waals surface area contributed by atoms with Crippen LogP contribution < -0.4 is 10.2 Å². The summed E-state index contributed by atoms with van der Waals surface area (Å²) >= 11 is 6.98. The maximum absolute atomic E-state index is 11.8. The second-order valence-electron chi connectivity index (χ2n) is 3.94. The molecule has 2 heterocycles. The summed E-state index contributed by atoms with van der Waals surface area (Å²) in [6, 6.07) is 7.97. The number of carbonyl (C=O) groups excluding carboxylic acids is 1. The van der Waals surface area contributed by atoms with Gasteiger partial charge in [-0.15, -0.1) is 11.3 Å². The van der Waals surface area contributed by atoms with Crippen LogP contribution >= 0.6 is 22.9 Å². The Morgan fingerprint density at radius 1 is 1.30 bits per heavy atom. The molecule has 100 valence electrons. The third-order valence-corrected chi connectivity index (χ3v) is 3.75. The fourth-order valence-electron chi connectivity index (χ4n) is 1.70. The van der Waals surface area contributed by atoms with Crippen molar-refractivity contribution in [3.05, 3.63) is 62.1 Å². The minimum Gasteiger partial charge on any atom is -0.462 e. The molecule has 0 amide bonds. The van der Waals surface area contributed by atoms with E-state index in [-0.39, 0.29) is 10.5 Å². The lowest BCUT2D eigenvalue weighted by Gasteiger charge is -2.03. The van der Waals surface area contributed by atoms with Crippen LogP contribution in [0.25, 0.3) is 11.0 Å². The topological polar surface area (TPSA) is 56.5 Å². The Labute approximate surface area is 122 Å². The zero-order valence-corrected chi connectivity index (χ0v) is 11.5. The number of rotatable bonds is 2. The summed E-state index contributed by atoms with van der Waals surface area (Å²) in [6.45, 7) is 0. The second kappa shape index (κ2) is 5.11. The highest BCUT2D eigenvalue weighted by atomic mass is 35.5. The summed E-state index contributed by atoms with van der Waals surface area (Å²) in [5, 5.41) is 2.15. The van der Waals surface area contributed by atoms with Gasteiger partial charge in [0.2, 0.25) is 5.43 Å². The zero-order chi connectivity index (χ0) is 14.1. The van der Waals surface area contributed by atoms with Crippen LogP contribution in [0, 0.1) is 0 Å². The normalized spacial score (nSPS) is 10.7. The van der Waals surface area contributed by atoms with Gasteiger partial charge in [0.15, 0.2) is 0 Å². The summed E-state index contributed by atoms with van der Waals surface area (Å²) in [5.74, 6) is -0.142. The first-order valence-corrected chi connectivity index (χ1v) is 6.87. The third-order valence-electron chi connectivity index (χ3n) is 2.64. The largest absolute Gasteiger partial charge is 0.462 e. The molecule has 0 spiro atoms. The molecule has 0 bridgehead atoms. The zero-order valence-electron chi connectivity index (χ0n) is 9.96. The second-order valence-corrected chi connectivity index (χ2v) is 5.29. The first-order chi connectivity index (χ1) is 9.65. The van der Waals surface area contributed by atoms with Crippen LogP contribution in [0.1, 0.15) is 9.67 Å². The molecule has 0 fully saturated rings. The van der Waals surface area contributed by atoms with E-state index >= 15 is 0 Å². The number of esters is 1. The van der Waals surface area contributed by atoms with Crippen molar-refractivity contribution in [2.24, 2.45) is 0 Å². The summed E-state index contributed by atoms with van der Waals surface area (Å²) in [7, 11) is 0. The molecule has 4 nitrogen and oxygen atoms in total. The average molecular weight is 307 g/mol. The number of benzene rings is 1.